The monoisotopic (exact) mass is 368 g/mol. The molecule has 9 nitrogen and oxygen atoms in total. The second-order valence-electron chi connectivity index (χ2n) is 5.13. The molecular formula is C18H16N4O5. The van der Waals surface area contributed by atoms with Crippen LogP contribution in [0.3, 0.4) is 0 Å². The highest BCUT2D eigenvalue weighted by molar-refractivity contribution is 6.39. The molecule has 27 heavy (non-hydrogen) atoms. The summed E-state index contributed by atoms with van der Waals surface area (Å²) in [6.45, 7) is 3.90. The van der Waals surface area contributed by atoms with Crippen LogP contribution < -0.4 is 15.5 Å². The predicted molar refractivity (Wildman–Crippen MR) is 99.6 cm³/mol. The Bertz CT molecular complexity index is 860. The van der Waals surface area contributed by atoms with E-state index in [0.29, 0.717) is 23.6 Å². The molecule has 138 valence electrons. The lowest BCUT2D eigenvalue weighted by atomic mass is 10.2. The first-order valence-corrected chi connectivity index (χ1v) is 7.72. The van der Waals surface area contributed by atoms with Gasteiger partial charge in [0.25, 0.3) is 5.69 Å². The Morgan fingerprint density at radius 3 is 2.37 bits per heavy atom. The van der Waals surface area contributed by atoms with E-state index in [-0.39, 0.29) is 5.69 Å². The maximum atomic E-state index is 11.8. The molecule has 0 atom stereocenters. The van der Waals surface area contributed by atoms with Crippen molar-refractivity contribution in [3.8, 4) is 5.75 Å². The van der Waals surface area contributed by atoms with Crippen LogP contribution in [0, 0.1) is 10.1 Å². The van der Waals surface area contributed by atoms with E-state index < -0.39 is 16.7 Å². The number of nitro benzene ring substituents is 1. The van der Waals surface area contributed by atoms with Gasteiger partial charge in [-0.1, -0.05) is 12.7 Å². The molecule has 0 aromatic heterocycles. The Morgan fingerprint density at radius 2 is 1.78 bits per heavy atom. The fourth-order valence-electron chi connectivity index (χ4n) is 1.88. The number of carbonyl (C=O) groups excluding carboxylic acids is 2. The van der Waals surface area contributed by atoms with E-state index in [1.807, 2.05) is 0 Å². The molecule has 2 N–H and O–H groups in total. The van der Waals surface area contributed by atoms with Gasteiger partial charge in [-0.2, -0.15) is 5.10 Å². The van der Waals surface area contributed by atoms with Gasteiger partial charge in [0, 0.05) is 17.8 Å². The third-order valence-electron chi connectivity index (χ3n) is 3.17. The first-order valence-electron chi connectivity index (χ1n) is 7.72. The van der Waals surface area contributed by atoms with Crippen LogP contribution in [-0.4, -0.2) is 29.6 Å². The lowest BCUT2D eigenvalue weighted by Crippen LogP contribution is -2.32. The van der Waals surface area contributed by atoms with Crippen LogP contribution in [0.25, 0.3) is 0 Å². The summed E-state index contributed by atoms with van der Waals surface area (Å²) in [6, 6.07) is 12.0. The summed E-state index contributed by atoms with van der Waals surface area (Å²) in [4.78, 5) is 33.6. The number of hydrazone groups is 1. The van der Waals surface area contributed by atoms with Gasteiger partial charge in [0.1, 0.15) is 12.4 Å². The highest BCUT2D eigenvalue weighted by Crippen LogP contribution is 2.15. The van der Waals surface area contributed by atoms with Gasteiger partial charge >= 0.3 is 11.8 Å². The van der Waals surface area contributed by atoms with E-state index in [0.717, 1.165) is 0 Å². The van der Waals surface area contributed by atoms with Crippen molar-refractivity contribution in [1.29, 1.82) is 0 Å². The van der Waals surface area contributed by atoms with E-state index in [1.165, 1.54) is 30.5 Å². The number of nitrogens with one attached hydrogen (secondary N) is 2. The van der Waals surface area contributed by atoms with Crippen molar-refractivity contribution >= 4 is 29.4 Å². The van der Waals surface area contributed by atoms with Crippen molar-refractivity contribution in [3.05, 3.63) is 76.9 Å². The fraction of sp³-hybridized carbons (Fsp3) is 0.0556. The summed E-state index contributed by atoms with van der Waals surface area (Å²) in [6.07, 6.45) is 2.87. The smallest absolute Gasteiger partial charge is 0.329 e. The Kier molecular flexibility index (Phi) is 6.77. The van der Waals surface area contributed by atoms with Crippen LogP contribution in [0.1, 0.15) is 5.56 Å². The summed E-state index contributed by atoms with van der Waals surface area (Å²) in [5.74, 6) is -1.25. The summed E-state index contributed by atoms with van der Waals surface area (Å²) in [7, 11) is 0. The SMILES string of the molecule is C=CCOc1ccc(NC(=O)C(=O)N/N=C\c2ccc([N+](=O)[O-])cc2)cc1. The number of hydrogen-bond acceptors (Lipinski definition) is 6. The molecule has 0 aliphatic rings. The number of hydrogen-bond donors (Lipinski definition) is 2. The Balaban J connectivity index is 1.85. The third kappa shape index (κ3) is 6.09. The molecule has 0 bridgehead atoms. The van der Waals surface area contributed by atoms with Crippen LogP contribution in [-0.2, 0) is 9.59 Å². The molecule has 0 fully saturated rings. The zero-order chi connectivity index (χ0) is 19.6. The van der Waals surface area contributed by atoms with Crippen LogP contribution >= 0.6 is 0 Å². The molecule has 0 aliphatic heterocycles. The zero-order valence-electron chi connectivity index (χ0n) is 14.1. The van der Waals surface area contributed by atoms with Crippen LogP contribution in [0.4, 0.5) is 11.4 Å². The molecule has 0 unspecified atom stereocenters. The molecule has 0 saturated carbocycles. The molecule has 2 aromatic rings. The number of amides is 2. The van der Waals surface area contributed by atoms with Gasteiger partial charge in [-0.3, -0.25) is 19.7 Å². The van der Waals surface area contributed by atoms with Gasteiger partial charge < -0.3 is 10.1 Å². The molecule has 2 amide bonds. The molecular weight excluding hydrogens is 352 g/mol. The van der Waals surface area contributed by atoms with Gasteiger partial charge in [0.15, 0.2) is 0 Å². The van der Waals surface area contributed by atoms with Gasteiger partial charge in [-0.05, 0) is 42.0 Å². The lowest BCUT2D eigenvalue weighted by Gasteiger charge is -2.06. The Labute approximate surface area is 154 Å². The number of anilines is 1. The third-order valence-corrected chi connectivity index (χ3v) is 3.17. The number of benzene rings is 2. The number of carbonyl (C=O) groups is 2. The largest absolute Gasteiger partial charge is 0.490 e. The molecule has 0 saturated heterocycles. The quantitative estimate of drug-likeness (QED) is 0.255. The minimum Gasteiger partial charge on any atom is -0.490 e. The topological polar surface area (TPSA) is 123 Å². The van der Waals surface area contributed by atoms with Crippen molar-refractivity contribution in [3.63, 3.8) is 0 Å². The summed E-state index contributed by atoms with van der Waals surface area (Å²) < 4.78 is 5.31. The lowest BCUT2D eigenvalue weighted by molar-refractivity contribution is -0.384. The molecule has 2 rings (SSSR count). The second-order valence-corrected chi connectivity index (χ2v) is 5.13. The molecule has 0 spiro atoms. The zero-order valence-corrected chi connectivity index (χ0v) is 14.1. The maximum Gasteiger partial charge on any atom is 0.329 e. The predicted octanol–water partition coefficient (Wildman–Crippen LogP) is 2.25. The minimum atomic E-state index is -0.958. The fourth-order valence-corrected chi connectivity index (χ4v) is 1.88. The first kappa shape index (κ1) is 19.3. The number of non-ortho nitro benzene ring substituents is 1. The maximum absolute atomic E-state index is 11.8. The van der Waals surface area contributed by atoms with E-state index in [1.54, 1.807) is 30.3 Å². The highest BCUT2D eigenvalue weighted by atomic mass is 16.6. The van der Waals surface area contributed by atoms with Crippen LogP contribution in [0.5, 0.6) is 5.75 Å². The first-order chi connectivity index (χ1) is 13.0. The number of nitrogens with zero attached hydrogens (tertiary/aromatic N) is 2. The van der Waals surface area contributed by atoms with E-state index in [9.17, 15) is 19.7 Å². The Morgan fingerprint density at radius 1 is 1.11 bits per heavy atom. The number of rotatable bonds is 7. The molecule has 2 aromatic carbocycles. The normalized spacial score (nSPS) is 10.2. The number of ether oxygens (including phenoxy) is 1. The van der Waals surface area contributed by atoms with E-state index in [2.05, 4.69) is 22.4 Å². The average Bonchev–Trinajstić information content (AvgIpc) is 2.67. The standard InChI is InChI=1S/C18H16N4O5/c1-2-11-27-16-9-5-14(6-10-16)20-17(23)18(24)21-19-12-13-3-7-15(8-4-13)22(25)26/h2-10,12H,1,11H2,(H,20,23)(H,21,24)/b19-12-. The summed E-state index contributed by atoms with van der Waals surface area (Å²) in [5, 5.41) is 16.6. The molecule has 9 heteroatoms. The van der Waals surface area contributed by atoms with Crippen molar-refractivity contribution in [2.45, 2.75) is 0 Å². The van der Waals surface area contributed by atoms with Gasteiger partial charge in [-0.25, -0.2) is 5.43 Å². The van der Waals surface area contributed by atoms with Crippen LogP contribution in [0.15, 0.2) is 66.3 Å². The van der Waals surface area contributed by atoms with Gasteiger partial charge in [-0.15, -0.1) is 0 Å². The van der Waals surface area contributed by atoms with Crippen LogP contribution in [0.2, 0.25) is 0 Å². The van der Waals surface area contributed by atoms with Gasteiger partial charge in [0.2, 0.25) is 0 Å². The number of nitro groups is 1. The van der Waals surface area contributed by atoms with Gasteiger partial charge in [0.05, 0.1) is 11.1 Å². The minimum absolute atomic E-state index is 0.0588. The molecule has 0 aliphatic carbocycles. The average molecular weight is 368 g/mol. The highest BCUT2D eigenvalue weighted by Gasteiger charge is 2.12. The summed E-state index contributed by atoms with van der Waals surface area (Å²) >= 11 is 0. The molecule has 0 radical (unpaired) electrons. The van der Waals surface area contributed by atoms with Crippen molar-refractivity contribution in [2.75, 3.05) is 11.9 Å². The molecule has 0 heterocycles. The Hall–Kier alpha value is -4.01. The van der Waals surface area contributed by atoms with E-state index in [4.69, 9.17) is 4.74 Å². The van der Waals surface area contributed by atoms with Crippen molar-refractivity contribution < 1.29 is 19.2 Å². The van der Waals surface area contributed by atoms with E-state index >= 15 is 0 Å². The summed E-state index contributed by atoms with van der Waals surface area (Å²) in [5.41, 5.74) is 2.96. The van der Waals surface area contributed by atoms with Crippen molar-refractivity contribution in [2.24, 2.45) is 5.10 Å². The second kappa shape index (κ2) is 9.47. The van der Waals surface area contributed by atoms with Crippen molar-refractivity contribution in [1.82, 2.24) is 5.43 Å².